The lowest BCUT2D eigenvalue weighted by Crippen LogP contribution is -2.14. The molecule has 0 radical (unpaired) electrons. The first-order valence-electron chi connectivity index (χ1n) is 5.66. The zero-order valence-corrected chi connectivity index (χ0v) is 12.8. The first kappa shape index (κ1) is 14.8. The lowest BCUT2D eigenvalue weighted by Gasteiger charge is -2.11. The number of sulfonamides is 1. The Balaban J connectivity index is 2.20. The maximum atomic E-state index is 11.4. The van der Waals surface area contributed by atoms with E-state index in [1.165, 1.54) is 12.1 Å². The molecule has 2 aromatic rings. The molecule has 106 valence electrons. The Morgan fingerprint density at radius 2 is 1.75 bits per heavy atom. The highest BCUT2D eigenvalue weighted by molar-refractivity contribution is 9.10. The molecule has 0 atom stereocenters. The minimum atomic E-state index is -3.86. The van der Waals surface area contributed by atoms with Crippen molar-refractivity contribution < 1.29 is 13.2 Å². The number of hydrogen-bond donors (Lipinski definition) is 2. The van der Waals surface area contributed by atoms with Crippen LogP contribution in [0.25, 0.3) is 0 Å². The number of rotatable bonds is 4. The number of hydrogen-bond acceptors (Lipinski definition) is 4. The minimum Gasteiger partial charge on any atom is -0.487 e. The van der Waals surface area contributed by atoms with Crippen LogP contribution in [0.1, 0.15) is 5.56 Å². The van der Waals surface area contributed by atoms with Crippen molar-refractivity contribution >= 4 is 31.6 Å². The topological polar surface area (TPSA) is 95.4 Å². The van der Waals surface area contributed by atoms with Crippen molar-refractivity contribution in [2.75, 3.05) is 5.73 Å². The molecule has 2 aromatic carbocycles. The van der Waals surface area contributed by atoms with E-state index in [0.29, 0.717) is 5.75 Å². The van der Waals surface area contributed by atoms with Crippen LogP contribution in [0.3, 0.4) is 0 Å². The van der Waals surface area contributed by atoms with Gasteiger partial charge < -0.3 is 10.5 Å². The van der Waals surface area contributed by atoms with Gasteiger partial charge in [0.15, 0.2) is 0 Å². The second-order valence-corrected chi connectivity index (χ2v) is 6.57. The van der Waals surface area contributed by atoms with Crippen LogP contribution in [0.2, 0.25) is 0 Å². The third kappa shape index (κ3) is 3.50. The van der Waals surface area contributed by atoms with Crippen molar-refractivity contribution in [1.82, 2.24) is 0 Å². The van der Waals surface area contributed by atoms with Crippen molar-refractivity contribution in [2.45, 2.75) is 11.5 Å². The number of anilines is 1. The molecule has 0 spiro atoms. The van der Waals surface area contributed by atoms with Gasteiger partial charge in [0.05, 0.1) is 5.69 Å². The van der Waals surface area contributed by atoms with Gasteiger partial charge in [-0.05, 0) is 29.8 Å². The molecular formula is C13H13BrN2O3S. The highest BCUT2D eigenvalue weighted by atomic mass is 79.9. The number of ether oxygens (including phenoxy) is 1. The molecule has 0 heterocycles. The Morgan fingerprint density at radius 3 is 2.35 bits per heavy atom. The lowest BCUT2D eigenvalue weighted by molar-refractivity contribution is 0.307. The summed E-state index contributed by atoms with van der Waals surface area (Å²) >= 11 is 3.34. The highest BCUT2D eigenvalue weighted by Gasteiger charge is 2.15. The number of nitrogens with two attached hydrogens (primary N) is 2. The summed E-state index contributed by atoms with van der Waals surface area (Å²) in [7, 11) is -3.86. The molecule has 4 N–H and O–H groups in total. The van der Waals surface area contributed by atoms with E-state index in [1.807, 2.05) is 24.3 Å². The summed E-state index contributed by atoms with van der Waals surface area (Å²) in [4.78, 5) is -0.134. The second kappa shape index (κ2) is 5.82. The molecule has 0 aliphatic rings. The van der Waals surface area contributed by atoms with Crippen LogP contribution in [-0.4, -0.2) is 8.42 Å². The Labute approximate surface area is 125 Å². The van der Waals surface area contributed by atoms with Crippen LogP contribution >= 0.6 is 15.9 Å². The first-order chi connectivity index (χ1) is 9.38. The third-order valence-electron chi connectivity index (χ3n) is 2.64. The van der Waals surface area contributed by atoms with Gasteiger partial charge in [-0.25, -0.2) is 13.6 Å². The number of para-hydroxylation sites is 1. The molecule has 0 fully saturated rings. The van der Waals surface area contributed by atoms with Gasteiger partial charge in [-0.15, -0.1) is 0 Å². The Hall–Kier alpha value is -1.57. The second-order valence-electron chi connectivity index (χ2n) is 4.13. The number of nitrogen functional groups attached to an aromatic ring is 1. The van der Waals surface area contributed by atoms with Gasteiger partial charge in [0.1, 0.15) is 17.3 Å². The fourth-order valence-electron chi connectivity index (χ4n) is 1.64. The van der Waals surface area contributed by atoms with Crippen molar-refractivity contribution in [3.63, 3.8) is 0 Å². The molecule has 0 aromatic heterocycles. The fourth-order valence-corrected chi connectivity index (χ4v) is 2.58. The van der Waals surface area contributed by atoms with E-state index in [2.05, 4.69) is 15.9 Å². The van der Waals surface area contributed by atoms with Crippen molar-refractivity contribution in [2.24, 2.45) is 5.14 Å². The zero-order chi connectivity index (χ0) is 14.8. The minimum absolute atomic E-state index is 0.0205. The molecule has 0 aliphatic carbocycles. The van der Waals surface area contributed by atoms with Gasteiger partial charge in [0, 0.05) is 4.47 Å². The Kier molecular flexibility index (Phi) is 4.32. The molecule has 2 rings (SSSR count). The van der Waals surface area contributed by atoms with E-state index in [-0.39, 0.29) is 17.2 Å². The number of benzene rings is 2. The van der Waals surface area contributed by atoms with Crippen molar-refractivity contribution in [3.05, 3.63) is 52.5 Å². The molecule has 20 heavy (non-hydrogen) atoms. The quantitative estimate of drug-likeness (QED) is 0.821. The summed E-state index contributed by atoms with van der Waals surface area (Å²) in [6.07, 6.45) is 0. The van der Waals surface area contributed by atoms with Crippen LogP contribution < -0.4 is 15.6 Å². The third-order valence-corrected chi connectivity index (χ3v) is 4.14. The van der Waals surface area contributed by atoms with E-state index in [1.54, 1.807) is 6.07 Å². The molecule has 7 heteroatoms. The molecular weight excluding hydrogens is 344 g/mol. The molecule has 0 unspecified atom stereocenters. The van der Waals surface area contributed by atoms with E-state index in [9.17, 15) is 8.42 Å². The van der Waals surface area contributed by atoms with Crippen LogP contribution in [0.15, 0.2) is 51.8 Å². The molecule has 0 bridgehead atoms. The molecule has 0 saturated carbocycles. The molecule has 0 amide bonds. The molecule has 5 nitrogen and oxygen atoms in total. The summed E-state index contributed by atoms with van der Waals surface area (Å²) < 4.78 is 29.2. The van der Waals surface area contributed by atoms with E-state index in [4.69, 9.17) is 15.6 Å². The van der Waals surface area contributed by atoms with Crippen LogP contribution in [0.4, 0.5) is 5.69 Å². The smallest absolute Gasteiger partial charge is 0.240 e. The first-order valence-corrected chi connectivity index (χ1v) is 8.00. The molecule has 0 saturated heterocycles. The average Bonchev–Trinajstić information content (AvgIpc) is 2.38. The predicted molar refractivity (Wildman–Crippen MR) is 80.7 cm³/mol. The van der Waals surface area contributed by atoms with Crippen LogP contribution in [0.5, 0.6) is 5.75 Å². The maximum Gasteiger partial charge on any atom is 0.240 e. The highest BCUT2D eigenvalue weighted by Crippen LogP contribution is 2.28. The fraction of sp³-hybridized carbons (Fsp3) is 0.0769. The van der Waals surface area contributed by atoms with Gasteiger partial charge >= 0.3 is 0 Å². The van der Waals surface area contributed by atoms with Crippen molar-refractivity contribution in [3.8, 4) is 5.75 Å². The van der Waals surface area contributed by atoms with E-state index < -0.39 is 10.0 Å². The van der Waals surface area contributed by atoms with Gasteiger partial charge in [0.25, 0.3) is 0 Å². The standard InChI is InChI=1S/C13H13BrN2O3S/c14-10-6-4-9(5-7-10)8-19-11-2-1-3-12(13(11)15)20(16,17)18/h1-7H,8,15H2,(H2,16,17,18). The summed E-state index contributed by atoms with van der Waals surface area (Å²) in [5, 5.41) is 5.08. The van der Waals surface area contributed by atoms with E-state index in [0.717, 1.165) is 10.0 Å². The van der Waals surface area contributed by atoms with Crippen LogP contribution in [-0.2, 0) is 16.6 Å². The van der Waals surface area contributed by atoms with Gasteiger partial charge in [0.2, 0.25) is 10.0 Å². The lowest BCUT2D eigenvalue weighted by atomic mass is 10.2. The Morgan fingerprint density at radius 1 is 1.10 bits per heavy atom. The summed E-state index contributed by atoms with van der Waals surface area (Å²) in [6, 6.07) is 12.0. The normalized spacial score (nSPS) is 11.3. The van der Waals surface area contributed by atoms with Gasteiger partial charge in [-0.1, -0.05) is 34.1 Å². The number of halogens is 1. The Bertz CT molecular complexity index is 715. The van der Waals surface area contributed by atoms with Crippen LogP contribution in [0, 0.1) is 0 Å². The van der Waals surface area contributed by atoms with Gasteiger partial charge in [-0.3, -0.25) is 0 Å². The predicted octanol–water partition coefficient (Wildman–Crippen LogP) is 2.26. The summed E-state index contributed by atoms with van der Waals surface area (Å²) in [5.41, 5.74) is 6.73. The zero-order valence-electron chi connectivity index (χ0n) is 10.4. The summed E-state index contributed by atoms with van der Waals surface area (Å²) in [5.74, 6) is 0.291. The van der Waals surface area contributed by atoms with E-state index >= 15 is 0 Å². The average molecular weight is 357 g/mol. The SMILES string of the molecule is Nc1c(OCc2ccc(Br)cc2)cccc1S(N)(=O)=O. The van der Waals surface area contributed by atoms with Gasteiger partial charge in [-0.2, -0.15) is 0 Å². The summed E-state index contributed by atoms with van der Waals surface area (Å²) in [6.45, 7) is 0.283. The van der Waals surface area contributed by atoms with Crippen molar-refractivity contribution in [1.29, 1.82) is 0 Å². The monoisotopic (exact) mass is 356 g/mol. The molecule has 0 aliphatic heterocycles. The maximum absolute atomic E-state index is 11.4. The number of primary sulfonamides is 1. The largest absolute Gasteiger partial charge is 0.487 e.